The normalized spacial score (nSPS) is 12.3. The molecule has 0 saturated carbocycles. The van der Waals surface area contributed by atoms with Crippen molar-refractivity contribution >= 4 is 21.6 Å². The Morgan fingerprint density at radius 3 is 2.42 bits per heavy atom. The predicted molar refractivity (Wildman–Crippen MR) is 77.3 cm³/mol. The van der Waals surface area contributed by atoms with Crippen LogP contribution in [-0.2, 0) is 0 Å². The van der Waals surface area contributed by atoms with Crippen LogP contribution in [0.4, 0.5) is 14.5 Å². The van der Waals surface area contributed by atoms with E-state index in [2.05, 4.69) is 21.2 Å². The fourth-order valence-electron chi connectivity index (χ4n) is 2.00. The number of benzene rings is 2. The molecule has 1 nitrogen and oxygen atoms in total. The van der Waals surface area contributed by atoms with Gasteiger partial charge in [-0.05, 0) is 55.3 Å². The van der Waals surface area contributed by atoms with E-state index >= 15 is 0 Å². The van der Waals surface area contributed by atoms with Crippen LogP contribution in [0, 0.1) is 18.6 Å². The number of halogens is 3. The molecule has 2 aromatic rings. The van der Waals surface area contributed by atoms with Crippen LogP contribution in [0.3, 0.4) is 0 Å². The summed E-state index contributed by atoms with van der Waals surface area (Å²) in [6, 6.07) is 9.28. The van der Waals surface area contributed by atoms with E-state index in [0.717, 1.165) is 11.1 Å². The van der Waals surface area contributed by atoms with Crippen LogP contribution >= 0.6 is 15.9 Å². The zero-order valence-corrected chi connectivity index (χ0v) is 12.3. The number of anilines is 1. The molecular formula is C15H14BrF2N. The third-order valence-corrected chi connectivity index (χ3v) is 3.54. The number of hydrogen-bond acceptors (Lipinski definition) is 1. The highest BCUT2D eigenvalue weighted by Crippen LogP contribution is 2.27. The first-order chi connectivity index (χ1) is 8.95. The van der Waals surface area contributed by atoms with Crippen LogP contribution in [0.2, 0.25) is 0 Å². The van der Waals surface area contributed by atoms with Gasteiger partial charge in [0.05, 0.1) is 0 Å². The monoisotopic (exact) mass is 325 g/mol. The summed E-state index contributed by atoms with van der Waals surface area (Å²) in [6.07, 6.45) is 0. The third kappa shape index (κ3) is 3.53. The van der Waals surface area contributed by atoms with Gasteiger partial charge in [0.2, 0.25) is 0 Å². The van der Waals surface area contributed by atoms with Gasteiger partial charge in [-0.1, -0.05) is 22.0 Å². The second-order valence-electron chi connectivity index (χ2n) is 4.55. The van der Waals surface area contributed by atoms with Crippen molar-refractivity contribution in [2.45, 2.75) is 19.9 Å². The van der Waals surface area contributed by atoms with E-state index in [4.69, 9.17) is 0 Å². The quantitative estimate of drug-likeness (QED) is 0.816. The number of nitrogens with one attached hydrogen (secondary N) is 1. The molecule has 2 aromatic carbocycles. The zero-order valence-electron chi connectivity index (χ0n) is 10.7. The zero-order chi connectivity index (χ0) is 14.0. The van der Waals surface area contributed by atoms with Crippen molar-refractivity contribution in [3.63, 3.8) is 0 Å². The maximum absolute atomic E-state index is 13.3. The third-order valence-electron chi connectivity index (χ3n) is 2.85. The van der Waals surface area contributed by atoms with Crippen LogP contribution < -0.4 is 5.32 Å². The summed E-state index contributed by atoms with van der Waals surface area (Å²) in [5.74, 6) is -0.558. The van der Waals surface area contributed by atoms with Crippen molar-refractivity contribution in [2.24, 2.45) is 0 Å². The van der Waals surface area contributed by atoms with Crippen LogP contribution in [0.15, 0.2) is 40.9 Å². The van der Waals surface area contributed by atoms with Gasteiger partial charge >= 0.3 is 0 Å². The highest BCUT2D eigenvalue weighted by molar-refractivity contribution is 9.10. The van der Waals surface area contributed by atoms with E-state index in [9.17, 15) is 8.78 Å². The molecule has 0 fully saturated rings. The lowest BCUT2D eigenvalue weighted by atomic mass is 10.1. The van der Waals surface area contributed by atoms with E-state index in [-0.39, 0.29) is 17.7 Å². The molecule has 0 amide bonds. The molecule has 19 heavy (non-hydrogen) atoms. The van der Waals surface area contributed by atoms with E-state index in [1.165, 1.54) is 24.3 Å². The molecule has 0 spiro atoms. The van der Waals surface area contributed by atoms with Gasteiger partial charge in [0.1, 0.15) is 11.6 Å². The second-order valence-corrected chi connectivity index (χ2v) is 5.40. The minimum absolute atomic E-state index is 0.0591. The summed E-state index contributed by atoms with van der Waals surface area (Å²) in [5.41, 5.74) is 2.48. The average Bonchev–Trinajstić information content (AvgIpc) is 2.26. The van der Waals surface area contributed by atoms with Crippen molar-refractivity contribution in [3.8, 4) is 0 Å². The van der Waals surface area contributed by atoms with Gasteiger partial charge in [0.15, 0.2) is 0 Å². The number of hydrogen-bond donors (Lipinski definition) is 1. The molecule has 2 rings (SSSR count). The smallest absolute Gasteiger partial charge is 0.125 e. The highest BCUT2D eigenvalue weighted by Gasteiger charge is 2.10. The minimum atomic E-state index is -0.288. The topological polar surface area (TPSA) is 12.0 Å². The van der Waals surface area contributed by atoms with Gasteiger partial charge in [-0.2, -0.15) is 0 Å². The molecule has 0 heterocycles. The van der Waals surface area contributed by atoms with Gasteiger partial charge in [-0.25, -0.2) is 8.78 Å². The Kier molecular flexibility index (Phi) is 4.20. The first-order valence-corrected chi connectivity index (χ1v) is 6.73. The second kappa shape index (κ2) is 5.70. The Bertz CT molecular complexity index is 578. The van der Waals surface area contributed by atoms with Crippen molar-refractivity contribution in [3.05, 3.63) is 63.6 Å². The van der Waals surface area contributed by atoms with Crippen molar-refractivity contribution < 1.29 is 8.78 Å². The molecule has 0 aliphatic heterocycles. The maximum Gasteiger partial charge on any atom is 0.125 e. The van der Waals surface area contributed by atoms with E-state index in [1.807, 2.05) is 19.9 Å². The van der Waals surface area contributed by atoms with Crippen molar-refractivity contribution in [1.29, 1.82) is 0 Å². The summed E-state index contributed by atoms with van der Waals surface area (Å²) >= 11 is 3.34. The molecule has 1 atom stereocenters. The van der Waals surface area contributed by atoms with E-state index in [1.54, 1.807) is 6.07 Å². The molecule has 1 N–H and O–H groups in total. The van der Waals surface area contributed by atoms with Gasteiger partial charge in [-0.3, -0.25) is 0 Å². The van der Waals surface area contributed by atoms with Crippen LogP contribution in [0.5, 0.6) is 0 Å². The molecule has 0 aliphatic carbocycles. The lowest BCUT2D eigenvalue weighted by Crippen LogP contribution is -2.08. The predicted octanol–water partition coefficient (Wildman–Crippen LogP) is 5.21. The molecule has 0 bridgehead atoms. The van der Waals surface area contributed by atoms with E-state index < -0.39 is 0 Å². The maximum atomic E-state index is 13.3. The van der Waals surface area contributed by atoms with Crippen molar-refractivity contribution in [2.75, 3.05) is 5.32 Å². The summed E-state index contributed by atoms with van der Waals surface area (Å²) < 4.78 is 27.1. The first-order valence-electron chi connectivity index (χ1n) is 5.94. The fourth-order valence-corrected chi connectivity index (χ4v) is 2.69. The molecular weight excluding hydrogens is 312 g/mol. The Morgan fingerprint density at radius 2 is 1.79 bits per heavy atom. The standard InChI is InChI=1S/C15H14BrF2N/c1-9-5-12(18)7-13(6-9)19-10(2)14-4-3-11(17)8-15(14)16/h3-8,10,19H,1-2H3. The SMILES string of the molecule is Cc1cc(F)cc(NC(C)c2ccc(F)cc2Br)c1. The number of rotatable bonds is 3. The van der Waals surface area contributed by atoms with Crippen LogP contribution in [-0.4, -0.2) is 0 Å². The minimum Gasteiger partial charge on any atom is -0.378 e. The first kappa shape index (κ1) is 14.0. The molecule has 0 aromatic heterocycles. The Hall–Kier alpha value is -1.42. The van der Waals surface area contributed by atoms with Crippen LogP contribution in [0.1, 0.15) is 24.1 Å². The van der Waals surface area contributed by atoms with Gasteiger partial charge in [0, 0.05) is 16.2 Å². The summed E-state index contributed by atoms with van der Waals surface area (Å²) in [4.78, 5) is 0. The van der Waals surface area contributed by atoms with E-state index in [0.29, 0.717) is 10.2 Å². The molecule has 4 heteroatoms. The molecule has 0 aliphatic rings. The molecule has 0 radical (unpaired) electrons. The Labute approximate surface area is 119 Å². The molecule has 100 valence electrons. The average molecular weight is 326 g/mol. The Balaban J connectivity index is 2.22. The summed E-state index contributed by atoms with van der Waals surface area (Å²) in [5, 5.41) is 3.21. The fraction of sp³-hybridized carbons (Fsp3) is 0.200. The number of aryl methyl sites for hydroxylation is 1. The van der Waals surface area contributed by atoms with Gasteiger partial charge in [0.25, 0.3) is 0 Å². The highest BCUT2D eigenvalue weighted by atomic mass is 79.9. The molecule has 1 unspecified atom stereocenters. The lowest BCUT2D eigenvalue weighted by Gasteiger charge is -2.17. The van der Waals surface area contributed by atoms with Crippen LogP contribution in [0.25, 0.3) is 0 Å². The van der Waals surface area contributed by atoms with Gasteiger partial charge < -0.3 is 5.32 Å². The lowest BCUT2D eigenvalue weighted by molar-refractivity contribution is 0.625. The molecule has 0 saturated heterocycles. The largest absolute Gasteiger partial charge is 0.378 e. The van der Waals surface area contributed by atoms with Crippen molar-refractivity contribution in [1.82, 2.24) is 0 Å². The summed E-state index contributed by atoms with van der Waals surface area (Å²) in [7, 11) is 0. The Morgan fingerprint density at radius 1 is 1.05 bits per heavy atom. The van der Waals surface area contributed by atoms with Gasteiger partial charge in [-0.15, -0.1) is 0 Å². The summed E-state index contributed by atoms with van der Waals surface area (Å²) in [6.45, 7) is 3.78.